The molecule has 1 aromatic heterocycles. The molecular formula is C22H26N4O5. The van der Waals surface area contributed by atoms with Crippen LogP contribution in [0, 0.1) is 0 Å². The van der Waals surface area contributed by atoms with Crippen LogP contribution in [-0.4, -0.2) is 63.9 Å². The van der Waals surface area contributed by atoms with Gasteiger partial charge >= 0.3 is 0 Å². The first kappa shape index (κ1) is 22.3. The van der Waals surface area contributed by atoms with Gasteiger partial charge in [-0.3, -0.25) is 5.43 Å². The maximum Gasteiger partial charge on any atom is 0.163 e. The van der Waals surface area contributed by atoms with Crippen molar-refractivity contribution in [2.24, 2.45) is 5.10 Å². The fourth-order valence-corrected chi connectivity index (χ4v) is 2.71. The number of nitrogens with one attached hydrogen (secondary N) is 1. The van der Waals surface area contributed by atoms with E-state index in [4.69, 9.17) is 23.7 Å². The summed E-state index contributed by atoms with van der Waals surface area (Å²) in [5, 5.41) is 5.04. The van der Waals surface area contributed by atoms with Gasteiger partial charge in [-0.2, -0.15) is 5.10 Å². The van der Waals surface area contributed by atoms with Gasteiger partial charge in [0.05, 0.1) is 32.1 Å². The lowest BCUT2D eigenvalue weighted by molar-refractivity contribution is 0.132. The van der Waals surface area contributed by atoms with Crippen LogP contribution in [0.15, 0.2) is 47.8 Å². The van der Waals surface area contributed by atoms with Gasteiger partial charge in [0.25, 0.3) is 0 Å². The lowest BCUT2D eigenvalue weighted by Gasteiger charge is -2.14. The van der Waals surface area contributed by atoms with Crippen molar-refractivity contribution in [3.63, 3.8) is 0 Å². The third kappa shape index (κ3) is 6.27. The Balaban J connectivity index is 1.83. The molecule has 0 bridgehead atoms. The van der Waals surface area contributed by atoms with Crippen molar-refractivity contribution in [3.8, 4) is 17.2 Å². The van der Waals surface area contributed by atoms with Gasteiger partial charge in [-0.05, 0) is 35.9 Å². The molecule has 3 rings (SSSR count). The van der Waals surface area contributed by atoms with Crippen molar-refractivity contribution in [2.45, 2.75) is 0 Å². The van der Waals surface area contributed by atoms with E-state index in [1.807, 2.05) is 36.4 Å². The minimum absolute atomic E-state index is 0.384. The number of aromatic nitrogens is 2. The number of anilines is 1. The third-order valence-corrected chi connectivity index (χ3v) is 4.29. The second kappa shape index (κ2) is 11.7. The Hall–Kier alpha value is -3.43. The fraction of sp³-hybridized carbons (Fsp3) is 0.318. The van der Waals surface area contributed by atoms with Crippen molar-refractivity contribution in [1.82, 2.24) is 9.97 Å². The largest absolute Gasteiger partial charge is 0.497 e. The number of hydrogen-bond donors (Lipinski definition) is 1. The molecule has 1 N–H and O–H groups in total. The summed E-state index contributed by atoms with van der Waals surface area (Å²) in [6.07, 6.45) is 3.17. The minimum atomic E-state index is 0.384. The Kier molecular flexibility index (Phi) is 8.39. The van der Waals surface area contributed by atoms with Gasteiger partial charge in [-0.25, -0.2) is 9.97 Å². The molecule has 9 heteroatoms. The number of rotatable bonds is 12. The summed E-state index contributed by atoms with van der Waals surface area (Å²) < 4.78 is 26.9. The van der Waals surface area contributed by atoms with E-state index < -0.39 is 0 Å². The molecule has 0 spiro atoms. The highest BCUT2D eigenvalue weighted by molar-refractivity contribution is 5.92. The Morgan fingerprint density at radius 3 is 2.19 bits per heavy atom. The molecule has 0 atom stereocenters. The monoisotopic (exact) mass is 426 g/mol. The van der Waals surface area contributed by atoms with E-state index in [1.54, 1.807) is 27.5 Å². The van der Waals surface area contributed by atoms with Crippen molar-refractivity contribution in [2.75, 3.05) is 53.2 Å². The van der Waals surface area contributed by atoms with Gasteiger partial charge in [-0.15, -0.1) is 0 Å². The number of ether oxygens (including phenoxy) is 5. The minimum Gasteiger partial charge on any atom is -0.497 e. The Bertz CT molecular complexity index is 995. The molecule has 2 aromatic carbocycles. The topological polar surface area (TPSA) is 96.3 Å². The van der Waals surface area contributed by atoms with E-state index >= 15 is 0 Å². The SMILES string of the molecule is COCCOc1cc2ncnc(N/N=C/c3ccc(OC)cc3)c2cc1OCCOC. The highest BCUT2D eigenvalue weighted by Gasteiger charge is 2.12. The van der Waals surface area contributed by atoms with E-state index in [0.717, 1.165) is 16.7 Å². The predicted molar refractivity (Wildman–Crippen MR) is 118 cm³/mol. The highest BCUT2D eigenvalue weighted by atomic mass is 16.5. The molecule has 164 valence electrons. The summed E-state index contributed by atoms with van der Waals surface area (Å²) in [5.74, 6) is 2.48. The van der Waals surface area contributed by atoms with Gasteiger partial charge in [0.15, 0.2) is 17.3 Å². The van der Waals surface area contributed by atoms with Crippen LogP contribution in [0.5, 0.6) is 17.2 Å². The first-order valence-electron chi connectivity index (χ1n) is 9.70. The van der Waals surface area contributed by atoms with Gasteiger partial charge in [0, 0.05) is 25.7 Å². The molecule has 9 nitrogen and oxygen atoms in total. The lowest BCUT2D eigenvalue weighted by Crippen LogP contribution is -2.09. The number of fused-ring (bicyclic) bond motifs is 1. The van der Waals surface area contributed by atoms with Crippen LogP contribution in [-0.2, 0) is 9.47 Å². The predicted octanol–water partition coefficient (Wildman–Crippen LogP) is 3.13. The molecule has 0 fully saturated rings. The summed E-state index contributed by atoms with van der Waals surface area (Å²) in [6, 6.07) is 11.2. The summed E-state index contributed by atoms with van der Waals surface area (Å²) in [7, 11) is 4.87. The molecule has 0 radical (unpaired) electrons. The van der Waals surface area contributed by atoms with E-state index in [-0.39, 0.29) is 0 Å². The standard InChI is InChI=1S/C22H26N4O5/c1-27-8-10-30-20-12-18-19(13-21(20)31-11-9-28-2)23-15-24-22(18)26-25-14-16-4-6-17(29-3)7-5-16/h4-7,12-15H,8-11H2,1-3H3,(H,23,24,26)/b25-14+. The van der Waals surface area contributed by atoms with Crippen molar-refractivity contribution < 1.29 is 23.7 Å². The third-order valence-electron chi connectivity index (χ3n) is 4.29. The van der Waals surface area contributed by atoms with Gasteiger partial charge in [0.1, 0.15) is 25.3 Å². The molecule has 1 heterocycles. The average molecular weight is 426 g/mol. The van der Waals surface area contributed by atoms with E-state index in [0.29, 0.717) is 49.3 Å². The lowest BCUT2D eigenvalue weighted by atomic mass is 10.2. The Labute approximate surface area is 181 Å². The molecule has 0 unspecified atom stereocenters. The Morgan fingerprint density at radius 1 is 0.871 bits per heavy atom. The van der Waals surface area contributed by atoms with Gasteiger partial charge in [-0.1, -0.05) is 0 Å². The van der Waals surface area contributed by atoms with Crippen LogP contribution >= 0.6 is 0 Å². The summed E-state index contributed by atoms with van der Waals surface area (Å²) >= 11 is 0. The normalized spacial score (nSPS) is 11.1. The van der Waals surface area contributed by atoms with Crippen molar-refractivity contribution >= 4 is 22.9 Å². The number of benzene rings is 2. The van der Waals surface area contributed by atoms with E-state index in [2.05, 4.69) is 20.5 Å². The number of nitrogens with zero attached hydrogens (tertiary/aromatic N) is 3. The van der Waals surface area contributed by atoms with Crippen LogP contribution in [0.1, 0.15) is 5.56 Å². The summed E-state index contributed by atoms with van der Waals surface area (Å²) in [4.78, 5) is 8.66. The zero-order valence-corrected chi connectivity index (χ0v) is 17.8. The molecule has 0 saturated heterocycles. The van der Waals surface area contributed by atoms with Crippen molar-refractivity contribution in [1.29, 1.82) is 0 Å². The molecule has 0 saturated carbocycles. The fourth-order valence-electron chi connectivity index (χ4n) is 2.71. The maximum absolute atomic E-state index is 5.84. The molecule has 0 aliphatic rings. The van der Waals surface area contributed by atoms with E-state index in [1.165, 1.54) is 6.33 Å². The maximum atomic E-state index is 5.84. The van der Waals surface area contributed by atoms with Crippen LogP contribution in [0.3, 0.4) is 0 Å². The molecule has 0 amide bonds. The summed E-state index contributed by atoms with van der Waals surface area (Å²) in [6.45, 7) is 1.70. The second-order valence-electron chi connectivity index (χ2n) is 6.36. The first-order valence-corrected chi connectivity index (χ1v) is 9.70. The van der Waals surface area contributed by atoms with Gasteiger partial charge in [0.2, 0.25) is 0 Å². The molecular weight excluding hydrogens is 400 g/mol. The average Bonchev–Trinajstić information content (AvgIpc) is 2.80. The molecule has 0 aliphatic carbocycles. The van der Waals surface area contributed by atoms with Crippen LogP contribution in [0.4, 0.5) is 5.82 Å². The smallest absolute Gasteiger partial charge is 0.163 e. The van der Waals surface area contributed by atoms with Crippen LogP contribution in [0.2, 0.25) is 0 Å². The number of hydrogen-bond acceptors (Lipinski definition) is 9. The van der Waals surface area contributed by atoms with Crippen LogP contribution in [0.25, 0.3) is 10.9 Å². The van der Waals surface area contributed by atoms with Crippen LogP contribution < -0.4 is 19.6 Å². The summed E-state index contributed by atoms with van der Waals surface area (Å²) in [5.41, 5.74) is 4.60. The quantitative estimate of drug-likeness (QED) is 0.268. The number of methoxy groups -OCH3 is 3. The molecule has 3 aromatic rings. The zero-order chi connectivity index (χ0) is 21.9. The molecule has 0 aliphatic heterocycles. The zero-order valence-electron chi connectivity index (χ0n) is 17.8. The Morgan fingerprint density at radius 2 is 1.55 bits per heavy atom. The highest BCUT2D eigenvalue weighted by Crippen LogP contribution is 2.34. The molecule has 31 heavy (non-hydrogen) atoms. The van der Waals surface area contributed by atoms with E-state index in [9.17, 15) is 0 Å². The second-order valence-corrected chi connectivity index (χ2v) is 6.36. The van der Waals surface area contributed by atoms with Gasteiger partial charge < -0.3 is 23.7 Å². The first-order chi connectivity index (χ1) is 15.2. The number of hydrazone groups is 1. The van der Waals surface area contributed by atoms with Crippen molar-refractivity contribution in [3.05, 3.63) is 48.3 Å².